The molecule has 20 heavy (non-hydrogen) atoms. The highest BCUT2D eigenvalue weighted by Gasteiger charge is 2.11. The normalized spacial score (nSPS) is 15.9. The predicted molar refractivity (Wildman–Crippen MR) is 77.4 cm³/mol. The first kappa shape index (κ1) is 14.1. The quantitative estimate of drug-likeness (QED) is 0.858. The molecular weight excluding hydrogens is 256 g/mol. The Morgan fingerprint density at radius 1 is 1.20 bits per heavy atom. The molecule has 0 spiro atoms. The van der Waals surface area contributed by atoms with Gasteiger partial charge in [0.1, 0.15) is 0 Å². The van der Waals surface area contributed by atoms with Crippen molar-refractivity contribution in [1.29, 1.82) is 0 Å². The van der Waals surface area contributed by atoms with Gasteiger partial charge in [0.05, 0.1) is 19.9 Å². The van der Waals surface area contributed by atoms with Crippen LogP contribution in [0.2, 0.25) is 0 Å². The third-order valence-electron chi connectivity index (χ3n) is 3.14. The molecule has 0 radical (unpaired) electrons. The largest absolute Gasteiger partial charge is 0.493 e. The van der Waals surface area contributed by atoms with Gasteiger partial charge in [0, 0.05) is 5.56 Å². The first-order valence-corrected chi connectivity index (χ1v) is 6.40. The second-order valence-corrected chi connectivity index (χ2v) is 4.60. The standard InChI is InChI=1S/C15H18N2O3/c1-10-4-6-12(8-10)16-17-15(18)11-5-7-13(19-2)14(9-11)20-3/h5,7-9H,4,6H2,1-3H3,(H,17,18)/b16-12-. The highest BCUT2D eigenvalue weighted by Crippen LogP contribution is 2.27. The summed E-state index contributed by atoms with van der Waals surface area (Å²) in [5.41, 5.74) is 5.22. The number of allylic oxidation sites excluding steroid dienone is 2. The number of hydrazone groups is 1. The second kappa shape index (κ2) is 6.23. The van der Waals surface area contributed by atoms with E-state index in [2.05, 4.69) is 17.5 Å². The van der Waals surface area contributed by atoms with Crippen molar-refractivity contribution in [2.24, 2.45) is 5.10 Å². The SMILES string of the molecule is COc1ccc(C(=O)N/N=C2\C=C(C)CC2)cc1OC. The summed E-state index contributed by atoms with van der Waals surface area (Å²) in [5.74, 6) is 0.838. The maximum absolute atomic E-state index is 12.0. The molecule has 106 valence electrons. The Morgan fingerprint density at radius 3 is 2.55 bits per heavy atom. The number of hydrogen-bond acceptors (Lipinski definition) is 4. The Bertz CT molecular complexity index is 576. The van der Waals surface area contributed by atoms with E-state index in [0.29, 0.717) is 17.1 Å². The number of amides is 1. The van der Waals surface area contributed by atoms with Gasteiger partial charge in [-0.15, -0.1) is 0 Å². The molecule has 0 aromatic heterocycles. The van der Waals surface area contributed by atoms with Gasteiger partial charge in [-0.25, -0.2) is 5.43 Å². The lowest BCUT2D eigenvalue weighted by molar-refractivity contribution is 0.0954. The highest BCUT2D eigenvalue weighted by molar-refractivity contribution is 6.00. The van der Waals surface area contributed by atoms with Gasteiger partial charge in [0.15, 0.2) is 11.5 Å². The Kier molecular flexibility index (Phi) is 4.40. The summed E-state index contributed by atoms with van der Waals surface area (Å²) in [6.45, 7) is 2.05. The molecule has 0 saturated carbocycles. The minimum Gasteiger partial charge on any atom is -0.493 e. The van der Waals surface area contributed by atoms with Gasteiger partial charge in [-0.2, -0.15) is 5.10 Å². The fraction of sp³-hybridized carbons (Fsp3) is 0.333. The van der Waals surface area contributed by atoms with E-state index in [9.17, 15) is 4.79 Å². The van der Waals surface area contributed by atoms with Crippen LogP contribution in [-0.4, -0.2) is 25.8 Å². The third-order valence-corrected chi connectivity index (χ3v) is 3.14. The molecule has 1 N–H and O–H groups in total. The molecule has 1 aromatic carbocycles. The van der Waals surface area contributed by atoms with E-state index < -0.39 is 0 Å². The minimum absolute atomic E-state index is 0.267. The van der Waals surface area contributed by atoms with Crippen LogP contribution in [0.15, 0.2) is 34.9 Å². The van der Waals surface area contributed by atoms with E-state index in [1.54, 1.807) is 25.3 Å². The molecule has 0 saturated heterocycles. The summed E-state index contributed by atoms with van der Waals surface area (Å²) in [6, 6.07) is 5.00. The maximum atomic E-state index is 12.0. The fourth-order valence-electron chi connectivity index (χ4n) is 2.01. The predicted octanol–water partition coefficient (Wildman–Crippen LogP) is 2.53. The van der Waals surface area contributed by atoms with Crippen LogP contribution in [0.5, 0.6) is 11.5 Å². The van der Waals surface area contributed by atoms with Gasteiger partial charge in [-0.3, -0.25) is 4.79 Å². The molecule has 0 bridgehead atoms. The number of ether oxygens (including phenoxy) is 2. The average molecular weight is 274 g/mol. The van der Waals surface area contributed by atoms with Gasteiger partial charge < -0.3 is 9.47 Å². The van der Waals surface area contributed by atoms with Crippen LogP contribution in [0.3, 0.4) is 0 Å². The maximum Gasteiger partial charge on any atom is 0.271 e. The number of nitrogens with zero attached hydrogens (tertiary/aromatic N) is 1. The van der Waals surface area contributed by atoms with E-state index >= 15 is 0 Å². The van der Waals surface area contributed by atoms with Crippen LogP contribution in [0, 0.1) is 0 Å². The summed E-state index contributed by atoms with van der Waals surface area (Å²) in [7, 11) is 3.09. The van der Waals surface area contributed by atoms with Crippen molar-refractivity contribution in [1.82, 2.24) is 5.43 Å². The topological polar surface area (TPSA) is 59.9 Å². The molecule has 1 aliphatic carbocycles. The van der Waals surface area contributed by atoms with Crippen molar-refractivity contribution in [3.05, 3.63) is 35.4 Å². The molecule has 1 aromatic rings. The lowest BCUT2D eigenvalue weighted by atomic mass is 10.2. The van der Waals surface area contributed by atoms with Crippen LogP contribution < -0.4 is 14.9 Å². The van der Waals surface area contributed by atoms with Crippen molar-refractivity contribution in [3.8, 4) is 11.5 Å². The summed E-state index contributed by atoms with van der Waals surface area (Å²) >= 11 is 0. The van der Waals surface area contributed by atoms with Crippen LogP contribution in [-0.2, 0) is 0 Å². The van der Waals surface area contributed by atoms with Gasteiger partial charge in [0.25, 0.3) is 5.91 Å². The monoisotopic (exact) mass is 274 g/mol. The molecule has 1 amide bonds. The lowest BCUT2D eigenvalue weighted by Gasteiger charge is -2.08. The Labute approximate surface area is 118 Å². The van der Waals surface area contributed by atoms with E-state index in [-0.39, 0.29) is 5.91 Å². The molecular formula is C15H18N2O3. The van der Waals surface area contributed by atoms with Gasteiger partial charge in [0.2, 0.25) is 0 Å². The molecule has 5 heteroatoms. The average Bonchev–Trinajstić information content (AvgIpc) is 2.89. The zero-order valence-corrected chi connectivity index (χ0v) is 11.9. The Morgan fingerprint density at radius 2 is 1.95 bits per heavy atom. The van der Waals surface area contributed by atoms with Crippen LogP contribution in [0.25, 0.3) is 0 Å². The molecule has 5 nitrogen and oxygen atoms in total. The van der Waals surface area contributed by atoms with Crippen molar-refractivity contribution in [2.75, 3.05) is 14.2 Å². The number of nitrogens with one attached hydrogen (secondary N) is 1. The molecule has 0 aliphatic heterocycles. The molecule has 1 aliphatic rings. The fourth-order valence-corrected chi connectivity index (χ4v) is 2.01. The van der Waals surface area contributed by atoms with Crippen LogP contribution in [0.4, 0.5) is 0 Å². The molecule has 0 unspecified atom stereocenters. The van der Waals surface area contributed by atoms with Gasteiger partial charge in [-0.05, 0) is 44.0 Å². The zero-order valence-electron chi connectivity index (χ0n) is 11.9. The van der Waals surface area contributed by atoms with Crippen molar-refractivity contribution < 1.29 is 14.3 Å². The van der Waals surface area contributed by atoms with Crippen molar-refractivity contribution in [3.63, 3.8) is 0 Å². The summed E-state index contributed by atoms with van der Waals surface area (Å²) in [5, 5.41) is 4.12. The molecule has 0 fully saturated rings. The van der Waals surface area contributed by atoms with E-state index in [1.807, 2.05) is 6.08 Å². The summed E-state index contributed by atoms with van der Waals surface area (Å²) < 4.78 is 10.3. The van der Waals surface area contributed by atoms with Crippen LogP contribution >= 0.6 is 0 Å². The number of hydrogen-bond donors (Lipinski definition) is 1. The first-order chi connectivity index (χ1) is 9.63. The smallest absolute Gasteiger partial charge is 0.271 e. The number of benzene rings is 1. The third kappa shape index (κ3) is 3.17. The molecule has 0 heterocycles. The number of rotatable bonds is 4. The second-order valence-electron chi connectivity index (χ2n) is 4.60. The van der Waals surface area contributed by atoms with E-state index in [1.165, 1.54) is 12.7 Å². The van der Waals surface area contributed by atoms with E-state index in [0.717, 1.165) is 18.6 Å². The highest BCUT2D eigenvalue weighted by atomic mass is 16.5. The van der Waals surface area contributed by atoms with Crippen LogP contribution in [0.1, 0.15) is 30.1 Å². The number of carbonyl (C=O) groups is 1. The minimum atomic E-state index is -0.267. The molecule has 0 atom stereocenters. The first-order valence-electron chi connectivity index (χ1n) is 6.40. The van der Waals surface area contributed by atoms with Gasteiger partial charge >= 0.3 is 0 Å². The van der Waals surface area contributed by atoms with E-state index in [4.69, 9.17) is 9.47 Å². The molecule has 2 rings (SSSR count). The van der Waals surface area contributed by atoms with Crippen molar-refractivity contribution >= 4 is 11.6 Å². The number of methoxy groups -OCH3 is 2. The Hall–Kier alpha value is -2.30. The van der Waals surface area contributed by atoms with Gasteiger partial charge in [-0.1, -0.05) is 5.57 Å². The summed E-state index contributed by atoms with van der Waals surface area (Å²) in [6.07, 6.45) is 3.87. The summed E-state index contributed by atoms with van der Waals surface area (Å²) in [4.78, 5) is 12.0. The Balaban J connectivity index is 2.10. The zero-order chi connectivity index (χ0) is 14.5. The number of carbonyl (C=O) groups excluding carboxylic acids is 1. The van der Waals surface area contributed by atoms with Crippen molar-refractivity contribution in [2.45, 2.75) is 19.8 Å². The lowest BCUT2D eigenvalue weighted by Crippen LogP contribution is -2.19.